The molecule has 2 aliphatic heterocycles. The third-order valence-electron chi connectivity index (χ3n) is 6.40. The van der Waals surface area contributed by atoms with Gasteiger partial charge in [-0.1, -0.05) is 6.42 Å². The van der Waals surface area contributed by atoms with Crippen LogP contribution in [0.5, 0.6) is 0 Å². The highest BCUT2D eigenvalue weighted by Gasteiger charge is 2.34. The molecule has 0 spiro atoms. The van der Waals surface area contributed by atoms with Gasteiger partial charge in [0.15, 0.2) is 0 Å². The molecule has 1 atom stereocenters. The summed E-state index contributed by atoms with van der Waals surface area (Å²) in [5, 5.41) is 3.07. The number of amides is 1. The van der Waals surface area contributed by atoms with Gasteiger partial charge in [-0.3, -0.25) is 14.6 Å². The molecule has 4 heterocycles. The fourth-order valence-electron chi connectivity index (χ4n) is 4.56. The third-order valence-corrected chi connectivity index (χ3v) is 8.09. The molecular weight excluding hydrogens is 390 g/mol. The molecule has 1 saturated carbocycles. The zero-order valence-corrected chi connectivity index (χ0v) is 18.0. The number of thiazole rings is 2. The lowest BCUT2D eigenvalue weighted by molar-refractivity contribution is -0.136. The Balaban J connectivity index is 1.18. The standard InChI is InChI=1S/C20H27N5OS2/c1-14-9-24(7-8-25(14)15-3-2-4-15)19(26)11-23-6-5-16-18(10-23)28-20(22-16)17-12-27-13-21-17/h12-15H,2-11H2,1H3. The summed E-state index contributed by atoms with van der Waals surface area (Å²) >= 11 is 3.34. The largest absolute Gasteiger partial charge is 0.339 e. The molecule has 1 amide bonds. The number of fused-ring (bicyclic) bond motifs is 1. The predicted octanol–water partition coefficient (Wildman–Crippen LogP) is 2.71. The molecule has 5 rings (SSSR count). The van der Waals surface area contributed by atoms with Gasteiger partial charge in [-0.15, -0.1) is 22.7 Å². The van der Waals surface area contributed by atoms with Crippen LogP contribution in [0.15, 0.2) is 10.9 Å². The van der Waals surface area contributed by atoms with Crippen LogP contribution in [-0.2, 0) is 17.8 Å². The van der Waals surface area contributed by atoms with E-state index in [1.807, 2.05) is 5.51 Å². The highest BCUT2D eigenvalue weighted by molar-refractivity contribution is 7.15. The second-order valence-corrected chi connectivity index (χ2v) is 10.0. The summed E-state index contributed by atoms with van der Waals surface area (Å²) in [6.45, 7) is 7.35. The topological polar surface area (TPSA) is 52.6 Å². The lowest BCUT2D eigenvalue weighted by Gasteiger charge is -2.47. The molecule has 0 aromatic carbocycles. The lowest BCUT2D eigenvalue weighted by Crippen LogP contribution is -2.59. The second kappa shape index (κ2) is 7.82. The zero-order valence-electron chi connectivity index (χ0n) is 16.3. The van der Waals surface area contributed by atoms with Crippen LogP contribution in [0.25, 0.3) is 10.7 Å². The Hall–Kier alpha value is -1.35. The van der Waals surface area contributed by atoms with Crippen molar-refractivity contribution in [3.8, 4) is 10.7 Å². The van der Waals surface area contributed by atoms with Crippen molar-refractivity contribution < 1.29 is 4.79 Å². The molecule has 1 unspecified atom stereocenters. The van der Waals surface area contributed by atoms with Crippen LogP contribution in [0.2, 0.25) is 0 Å². The minimum atomic E-state index is 0.285. The summed E-state index contributed by atoms with van der Waals surface area (Å²) in [5.41, 5.74) is 4.02. The Kier molecular flexibility index (Phi) is 5.21. The maximum atomic E-state index is 12.9. The van der Waals surface area contributed by atoms with Crippen LogP contribution in [0.3, 0.4) is 0 Å². The zero-order chi connectivity index (χ0) is 19.1. The minimum absolute atomic E-state index is 0.285. The van der Waals surface area contributed by atoms with E-state index in [1.165, 1.54) is 29.8 Å². The van der Waals surface area contributed by atoms with Crippen LogP contribution < -0.4 is 0 Å². The van der Waals surface area contributed by atoms with Crippen molar-refractivity contribution in [1.82, 2.24) is 24.7 Å². The quantitative estimate of drug-likeness (QED) is 0.766. The Labute approximate surface area is 174 Å². The number of hydrogen-bond acceptors (Lipinski definition) is 7. The molecule has 0 radical (unpaired) electrons. The summed E-state index contributed by atoms with van der Waals surface area (Å²) in [6, 6.07) is 1.25. The molecule has 0 N–H and O–H groups in total. The maximum absolute atomic E-state index is 12.9. The van der Waals surface area contributed by atoms with Crippen molar-refractivity contribution in [1.29, 1.82) is 0 Å². The van der Waals surface area contributed by atoms with Crippen molar-refractivity contribution in [3.63, 3.8) is 0 Å². The number of carbonyl (C=O) groups excluding carboxylic acids is 1. The van der Waals surface area contributed by atoms with E-state index in [0.29, 0.717) is 12.6 Å². The van der Waals surface area contributed by atoms with E-state index in [-0.39, 0.29) is 5.91 Å². The number of hydrogen-bond donors (Lipinski definition) is 0. The molecule has 2 aromatic rings. The monoisotopic (exact) mass is 417 g/mol. The Morgan fingerprint density at radius 3 is 2.89 bits per heavy atom. The van der Waals surface area contributed by atoms with Crippen molar-refractivity contribution >= 4 is 28.6 Å². The lowest BCUT2D eigenvalue weighted by atomic mass is 9.90. The first kappa shape index (κ1) is 18.7. The van der Waals surface area contributed by atoms with E-state index >= 15 is 0 Å². The average Bonchev–Trinajstić information content (AvgIpc) is 3.30. The minimum Gasteiger partial charge on any atom is -0.339 e. The van der Waals surface area contributed by atoms with E-state index in [1.54, 1.807) is 22.7 Å². The molecule has 3 aliphatic rings. The smallest absolute Gasteiger partial charge is 0.236 e. The summed E-state index contributed by atoms with van der Waals surface area (Å²) in [6.07, 6.45) is 4.97. The number of rotatable bonds is 4. The van der Waals surface area contributed by atoms with Gasteiger partial charge in [0.25, 0.3) is 0 Å². The molecule has 150 valence electrons. The Morgan fingerprint density at radius 2 is 2.18 bits per heavy atom. The van der Waals surface area contributed by atoms with Crippen molar-refractivity contribution in [2.24, 2.45) is 0 Å². The predicted molar refractivity (Wildman–Crippen MR) is 113 cm³/mol. The average molecular weight is 418 g/mol. The number of piperazine rings is 1. The van der Waals surface area contributed by atoms with Crippen LogP contribution >= 0.6 is 22.7 Å². The van der Waals surface area contributed by atoms with Gasteiger partial charge in [-0.2, -0.15) is 0 Å². The van der Waals surface area contributed by atoms with Gasteiger partial charge in [-0.25, -0.2) is 9.97 Å². The van der Waals surface area contributed by atoms with Gasteiger partial charge in [-0.05, 0) is 19.8 Å². The fraction of sp³-hybridized carbons (Fsp3) is 0.650. The van der Waals surface area contributed by atoms with E-state index in [2.05, 4.69) is 32.0 Å². The first-order chi connectivity index (χ1) is 13.7. The molecule has 2 aromatic heterocycles. The molecule has 8 heteroatoms. The normalized spacial score (nSPS) is 24.2. The van der Waals surface area contributed by atoms with Gasteiger partial charge >= 0.3 is 0 Å². The van der Waals surface area contributed by atoms with Gasteiger partial charge in [0.1, 0.15) is 10.7 Å². The highest BCUT2D eigenvalue weighted by Crippen LogP contribution is 2.32. The summed E-state index contributed by atoms with van der Waals surface area (Å²) in [5.74, 6) is 0.285. The maximum Gasteiger partial charge on any atom is 0.236 e. The molecule has 1 aliphatic carbocycles. The van der Waals surface area contributed by atoms with Gasteiger partial charge in [0.05, 0.1) is 17.7 Å². The van der Waals surface area contributed by atoms with Gasteiger partial charge in [0, 0.05) is 61.5 Å². The van der Waals surface area contributed by atoms with Crippen molar-refractivity contribution in [3.05, 3.63) is 21.5 Å². The van der Waals surface area contributed by atoms with Crippen LogP contribution in [-0.4, -0.2) is 75.4 Å². The molecule has 2 fully saturated rings. The number of aromatic nitrogens is 2. The van der Waals surface area contributed by atoms with Gasteiger partial charge < -0.3 is 4.90 Å². The fourth-order valence-corrected chi connectivity index (χ4v) is 6.29. The number of carbonyl (C=O) groups is 1. The second-order valence-electron chi connectivity index (χ2n) is 8.23. The summed E-state index contributed by atoms with van der Waals surface area (Å²) in [7, 11) is 0. The molecule has 0 bridgehead atoms. The van der Waals surface area contributed by atoms with Crippen LogP contribution in [0.4, 0.5) is 0 Å². The summed E-state index contributed by atoms with van der Waals surface area (Å²) < 4.78 is 0. The van der Waals surface area contributed by atoms with E-state index < -0.39 is 0 Å². The van der Waals surface area contributed by atoms with Crippen LogP contribution in [0, 0.1) is 0 Å². The van der Waals surface area contributed by atoms with Crippen molar-refractivity contribution in [2.75, 3.05) is 32.7 Å². The van der Waals surface area contributed by atoms with E-state index in [9.17, 15) is 4.79 Å². The van der Waals surface area contributed by atoms with Crippen molar-refractivity contribution in [2.45, 2.75) is 51.2 Å². The molecular formula is C20H27N5OS2. The molecule has 6 nitrogen and oxygen atoms in total. The summed E-state index contributed by atoms with van der Waals surface area (Å²) in [4.78, 5) is 30.4. The first-order valence-electron chi connectivity index (χ1n) is 10.3. The Bertz CT molecular complexity index is 832. The molecule has 28 heavy (non-hydrogen) atoms. The van der Waals surface area contributed by atoms with E-state index in [4.69, 9.17) is 4.98 Å². The SMILES string of the molecule is CC1CN(C(=O)CN2CCc3nc(-c4cscn4)sc3C2)CCN1C1CCC1. The van der Waals surface area contributed by atoms with Gasteiger partial charge in [0.2, 0.25) is 5.91 Å². The third kappa shape index (κ3) is 3.63. The first-order valence-corrected chi connectivity index (χ1v) is 12.1. The highest BCUT2D eigenvalue weighted by atomic mass is 32.1. The Morgan fingerprint density at radius 1 is 1.29 bits per heavy atom. The number of nitrogens with zero attached hydrogens (tertiary/aromatic N) is 5. The van der Waals surface area contributed by atoms with Crippen LogP contribution in [0.1, 0.15) is 36.8 Å². The molecule has 1 saturated heterocycles. The van der Waals surface area contributed by atoms with E-state index in [0.717, 1.165) is 55.9 Å².